The van der Waals surface area contributed by atoms with Gasteiger partial charge in [-0.05, 0) is 18.2 Å². The van der Waals surface area contributed by atoms with E-state index in [-0.39, 0.29) is 22.7 Å². The van der Waals surface area contributed by atoms with Crippen LogP contribution in [0.4, 0.5) is 17.6 Å². The van der Waals surface area contributed by atoms with Crippen LogP contribution in [0.3, 0.4) is 0 Å². The summed E-state index contributed by atoms with van der Waals surface area (Å²) >= 11 is 2.97. The number of alkyl halides is 3. The van der Waals surface area contributed by atoms with E-state index in [9.17, 15) is 17.6 Å². The van der Waals surface area contributed by atoms with Gasteiger partial charge in [-0.1, -0.05) is 15.9 Å². The molecule has 1 saturated heterocycles. The molecule has 0 aromatic heterocycles. The summed E-state index contributed by atoms with van der Waals surface area (Å²) in [4.78, 5) is 0. The normalized spacial score (nSPS) is 20.8. The van der Waals surface area contributed by atoms with E-state index >= 15 is 0 Å². The van der Waals surface area contributed by atoms with Crippen molar-refractivity contribution in [2.45, 2.75) is 18.4 Å². The fourth-order valence-electron chi connectivity index (χ4n) is 1.44. The van der Waals surface area contributed by atoms with Gasteiger partial charge in [0.2, 0.25) is 0 Å². The van der Waals surface area contributed by atoms with E-state index in [1.165, 1.54) is 6.07 Å². The third kappa shape index (κ3) is 3.43. The molecule has 0 bridgehead atoms. The molecule has 100 valence electrons. The van der Waals surface area contributed by atoms with E-state index in [4.69, 9.17) is 9.47 Å². The summed E-state index contributed by atoms with van der Waals surface area (Å²) < 4.78 is 61.4. The van der Waals surface area contributed by atoms with Crippen molar-refractivity contribution in [1.82, 2.24) is 0 Å². The summed E-state index contributed by atoms with van der Waals surface area (Å²) in [6, 6.07) is 3.11. The van der Waals surface area contributed by atoms with Crippen molar-refractivity contribution in [3.8, 4) is 0 Å². The third-order valence-electron chi connectivity index (χ3n) is 2.39. The van der Waals surface area contributed by atoms with Gasteiger partial charge in [0.15, 0.2) is 6.10 Å². The first-order valence-electron chi connectivity index (χ1n) is 5.13. The average molecular weight is 329 g/mol. The van der Waals surface area contributed by atoms with E-state index in [1.54, 1.807) is 0 Å². The fraction of sp³-hybridized carbons (Fsp3) is 0.455. The van der Waals surface area contributed by atoms with Gasteiger partial charge in [-0.2, -0.15) is 13.2 Å². The van der Waals surface area contributed by atoms with Crippen molar-refractivity contribution < 1.29 is 27.0 Å². The van der Waals surface area contributed by atoms with Crippen molar-refractivity contribution in [1.29, 1.82) is 0 Å². The predicted molar refractivity (Wildman–Crippen MR) is 58.6 cm³/mol. The van der Waals surface area contributed by atoms with E-state index < -0.39 is 18.1 Å². The van der Waals surface area contributed by atoms with Crippen LogP contribution in [0.25, 0.3) is 0 Å². The van der Waals surface area contributed by atoms with Gasteiger partial charge in [-0.3, -0.25) is 0 Å². The van der Waals surface area contributed by atoms with Crippen molar-refractivity contribution in [3.63, 3.8) is 0 Å². The molecular weight excluding hydrogens is 320 g/mol. The Labute approximate surface area is 109 Å². The van der Waals surface area contributed by atoms with Crippen LogP contribution < -0.4 is 0 Å². The summed E-state index contributed by atoms with van der Waals surface area (Å²) in [5, 5.41) is 0. The number of ether oxygens (including phenoxy) is 2. The lowest BCUT2D eigenvalue weighted by molar-refractivity contribution is -0.225. The van der Waals surface area contributed by atoms with E-state index in [0.717, 1.165) is 12.1 Å². The van der Waals surface area contributed by atoms with E-state index in [2.05, 4.69) is 15.9 Å². The maximum atomic E-state index is 13.0. The summed E-state index contributed by atoms with van der Waals surface area (Å²) in [6.07, 6.45) is -7.06. The maximum absolute atomic E-state index is 13.0. The van der Waals surface area contributed by atoms with Gasteiger partial charge >= 0.3 is 6.18 Å². The Bertz CT molecular complexity index is 432. The van der Waals surface area contributed by atoms with Crippen LogP contribution in [-0.2, 0) is 9.47 Å². The Hall–Kier alpha value is -0.660. The summed E-state index contributed by atoms with van der Waals surface area (Å²) in [5.74, 6) is -0.742. The zero-order valence-corrected chi connectivity index (χ0v) is 10.6. The van der Waals surface area contributed by atoms with Crippen LogP contribution in [0.1, 0.15) is 11.7 Å². The van der Waals surface area contributed by atoms with Crippen LogP contribution in [0, 0.1) is 5.82 Å². The lowest BCUT2D eigenvalue weighted by Gasteiger charge is -2.22. The molecule has 0 saturated carbocycles. The van der Waals surface area contributed by atoms with E-state index in [1.807, 2.05) is 0 Å². The minimum Gasteiger partial charge on any atom is -0.371 e. The Kier molecular flexibility index (Phi) is 3.93. The van der Waals surface area contributed by atoms with Crippen LogP contribution in [0.5, 0.6) is 0 Å². The second-order valence-electron chi connectivity index (χ2n) is 3.88. The fourth-order valence-corrected chi connectivity index (χ4v) is 1.90. The zero-order valence-electron chi connectivity index (χ0n) is 9.01. The first-order chi connectivity index (χ1) is 8.38. The largest absolute Gasteiger partial charge is 0.418 e. The molecular formula is C11H9BrF4O2. The zero-order chi connectivity index (χ0) is 13.3. The molecule has 0 unspecified atom stereocenters. The summed E-state index contributed by atoms with van der Waals surface area (Å²) in [7, 11) is 0. The predicted octanol–water partition coefficient (Wildman–Crippen LogP) is 3.61. The molecule has 0 aliphatic carbocycles. The summed E-state index contributed by atoms with van der Waals surface area (Å²) in [5.41, 5.74) is -0.275. The lowest BCUT2D eigenvalue weighted by Crippen LogP contribution is -2.25. The molecule has 7 heteroatoms. The molecule has 1 aliphatic rings. The van der Waals surface area contributed by atoms with Crippen molar-refractivity contribution in [2.24, 2.45) is 0 Å². The highest BCUT2D eigenvalue weighted by atomic mass is 79.9. The number of epoxide rings is 1. The number of hydrogen-bond acceptors (Lipinski definition) is 2. The van der Waals surface area contributed by atoms with Gasteiger partial charge in [0.05, 0.1) is 13.2 Å². The van der Waals surface area contributed by atoms with Crippen LogP contribution in [0.2, 0.25) is 0 Å². The van der Waals surface area contributed by atoms with Gasteiger partial charge in [0.1, 0.15) is 11.9 Å². The Balaban J connectivity index is 2.23. The van der Waals surface area contributed by atoms with Crippen LogP contribution >= 0.6 is 15.9 Å². The Morgan fingerprint density at radius 2 is 2.11 bits per heavy atom. The highest BCUT2D eigenvalue weighted by Gasteiger charge is 2.44. The number of halogens is 5. The smallest absolute Gasteiger partial charge is 0.371 e. The molecule has 2 nitrogen and oxygen atoms in total. The van der Waals surface area contributed by atoms with Gasteiger partial charge < -0.3 is 9.47 Å². The van der Waals surface area contributed by atoms with Gasteiger partial charge in [-0.15, -0.1) is 0 Å². The first kappa shape index (κ1) is 13.8. The van der Waals surface area contributed by atoms with Crippen LogP contribution in [0.15, 0.2) is 22.7 Å². The molecule has 1 heterocycles. The molecule has 1 fully saturated rings. The van der Waals surface area contributed by atoms with Gasteiger partial charge in [-0.25, -0.2) is 4.39 Å². The quantitative estimate of drug-likeness (QED) is 0.622. The summed E-state index contributed by atoms with van der Waals surface area (Å²) in [6.45, 7) is 0.238. The molecule has 0 amide bonds. The highest BCUT2D eigenvalue weighted by Crippen LogP contribution is 2.39. The molecule has 2 rings (SSSR count). The van der Waals surface area contributed by atoms with Crippen molar-refractivity contribution >= 4 is 15.9 Å². The molecule has 1 aromatic carbocycles. The van der Waals surface area contributed by atoms with Gasteiger partial charge in [0.25, 0.3) is 0 Å². The monoisotopic (exact) mass is 328 g/mol. The van der Waals surface area contributed by atoms with Gasteiger partial charge in [0, 0.05) is 10.0 Å². The minimum atomic E-state index is -4.61. The molecule has 0 spiro atoms. The molecule has 2 atom stereocenters. The number of rotatable bonds is 4. The number of hydrogen-bond donors (Lipinski definition) is 0. The maximum Gasteiger partial charge on any atom is 0.418 e. The standard InChI is InChI=1S/C11H9BrF4O2/c12-9-2-1-6(13)3-8(9)10(11(14,15)16)18-5-7-4-17-7/h1-3,7,10H,4-5H2/t7-,10+/m0/s1. The van der Waals surface area contributed by atoms with Crippen LogP contribution in [-0.4, -0.2) is 25.5 Å². The highest BCUT2D eigenvalue weighted by molar-refractivity contribution is 9.10. The molecule has 1 aliphatic heterocycles. The van der Waals surface area contributed by atoms with Crippen molar-refractivity contribution in [2.75, 3.05) is 13.2 Å². The topological polar surface area (TPSA) is 21.8 Å². The van der Waals surface area contributed by atoms with Crippen molar-refractivity contribution in [3.05, 3.63) is 34.1 Å². The lowest BCUT2D eigenvalue weighted by atomic mass is 10.1. The molecule has 0 N–H and O–H groups in total. The Morgan fingerprint density at radius 1 is 1.44 bits per heavy atom. The first-order valence-corrected chi connectivity index (χ1v) is 5.92. The third-order valence-corrected chi connectivity index (χ3v) is 3.11. The molecule has 0 radical (unpaired) electrons. The molecule has 18 heavy (non-hydrogen) atoms. The molecule has 1 aromatic rings. The van der Waals surface area contributed by atoms with E-state index in [0.29, 0.717) is 6.61 Å². The average Bonchev–Trinajstić information content (AvgIpc) is 3.05. The minimum absolute atomic E-state index is 0.156. The second-order valence-corrected chi connectivity index (χ2v) is 4.73. The SMILES string of the molecule is Fc1ccc(Br)c([C@@H](OC[C@@H]2CO2)C(F)(F)F)c1. The number of benzene rings is 1. The Morgan fingerprint density at radius 3 is 2.67 bits per heavy atom. The second kappa shape index (κ2) is 5.14.